The Bertz CT molecular complexity index is 1480. The summed E-state index contributed by atoms with van der Waals surface area (Å²) in [6.45, 7) is 6.52. The molecule has 0 aliphatic carbocycles. The van der Waals surface area contributed by atoms with Crippen LogP contribution >= 0.6 is 0 Å². The lowest BCUT2D eigenvalue weighted by Crippen LogP contribution is -2.37. The van der Waals surface area contributed by atoms with E-state index in [1.54, 1.807) is 0 Å². The second-order valence-corrected chi connectivity index (χ2v) is 10.6. The zero-order valence-corrected chi connectivity index (χ0v) is 21.8. The van der Waals surface area contributed by atoms with Crippen molar-refractivity contribution < 1.29 is 17.7 Å². The van der Waals surface area contributed by atoms with Crippen LogP contribution in [0.4, 0.5) is 5.95 Å². The smallest absolute Gasteiger partial charge is 0.207 e. The Morgan fingerprint density at radius 3 is 2.68 bits per heavy atom. The van der Waals surface area contributed by atoms with E-state index in [-0.39, 0.29) is 6.04 Å². The van der Waals surface area contributed by atoms with E-state index < -0.39 is 10.9 Å². The number of thiol groups is 1. The molecule has 37 heavy (non-hydrogen) atoms. The molecule has 0 bridgehead atoms. The number of piperidine rings is 1. The summed E-state index contributed by atoms with van der Waals surface area (Å²) in [5, 5.41) is 4.16. The zero-order chi connectivity index (χ0) is 25.5. The van der Waals surface area contributed by atoms with Crippen LogP contribution in [0.5, 0.6) is 5.75 Å². The molecule has 0 amide bonds. The van der Waals surface area contributed by atoms with E-state index in [1.165, 1.54) is 0 Å². The molecule has 10 nitrogen and oxygen atoms in total. The molecular formula is C26H30N6O4S. The molecule has 1 atom stereocenters. The molecule has 1 N–H and O–H groups in total. The van der Waals surface area contributed by atoms with E-state index in [4.69, 9.17) is 14.2 Å². The topological polar surface area (TPSA) is 115 Å². The molecule has 1 saturated heterocycles. The van der Waals surface area contributed by atoms with Crippen LogP contribution in [0.1, 0.15) is 42.5 Å². The van der Waals surface area contributed by atoms with Gasteiger partial charge in [-0.05, 0) is 63.3 Å². The predicted octanol–water partition coefficient (Wildman–Crippen LogP) is 3.41. The molecule has 1 fully saturated rings. The zero-order valence-electron chi connectivity index (χ0n) is 20.9. The number of nitrogens with zero attached hydrogens (tertiary/aromatic N) is 5. The van der Waals surface area contributed by atoms with Crippen molar-refractivity contribution in [3.8, 4) is 16.9 Å². The van der Waals surface area contributed by atoms with Crippen LogP contribution in [-0.4, -0.2) is 54.4 Å². The van der Waals surface area contributed by atoms with Crippen LogP contribution in [0, 0.1) is 19.8 Å². The molecule has 6 rings (SSSR count). The van der Waals surface area contributed by atoms with Gasteiger partial charge in [-0.25, -0.2) is 18.1 Å². The van der Waals surface area contributed by atoms with E-state index >= 15 is 0 Å². The quantitative estimate of drug-likeness (QED) is 0.355. The van der Waals surface area contributed by atoms with Gasteiger partial charge >= 0.3 is 0 Å². The summed E-state index contributed by atoms with van der Waals surface area (Å²) < 4.78 is 38.4. The number of aromatic nitrogens is 4. The van der Waals surface area contributed by atoms with Gasteiger partial charge in [-0.1, -0.05) is 11.2 Å². The minimum atomic E-state index is -2.54. The second kappa shape index (κ2) is 9.79. The van der Waals surface area contributed by atoms with Gasteiger partial charge in [0, 0.05) is 31.4 Å². The summed E-state index contributed by atoms with van der Waals surface area (Å²) in [6.07, 6.45) is 4.64. The number of rotatable bonds is 7. The van der Waals surface area contributed by atoms with Crippen LogP contribution in [-0.2, 0) is 10.9 Å². The van der Waals surface area contributed by atoms with Crippen LogP contribution in [0.25, 0.3) is 22.2 Å². The maximum atomic E-state index is 10.8. The van der Waals surface area contributed by atoms with Gasteiger partial charge in [0.25, 0.3) is 0 Å². The molecule has 0 saturated carbocycles. The third-order valence-corrected chi connectivity index (χ3v) is 7.99. The first-order valence-corrected chi connectivity index (χ1v) is 13.8. The summed E-state index contributed by atoms with van der Waals surface area (Å²) in [4.78, 5) is 12.1. The van der Waals surface area contributed by atoms with Crippen molar-refractivity contribution in [2.75, 3.05) is 31.1 Å². The average Bonchev–Trinajstić information content (AvgIpc) is 3.46. The fourth-order valence-corrected chi connectivity index (χ4v) is 5.99. The van der Waals surface area contributed by atoms with Crippen molar-refractivity contribution in [3.05, 3.63) is 53.7 Å². The van der Waals surface area contributed by atoms with E-state index in [0.29, 0.717) is 19.1 Å². The van der Waals surface area contributed by atoms with Gasteiger partial charge in [-0.15, -0.1) is 0 Å². The molecule has 2 aliphatic heterocycles. The minimum Gasteiger partial charge on any atom is -0.488 e. The highest BCUT2D eigenvalue weighted by Gasteiger charge is 2.34. The molecule has 4 aromatic rings. The molecule has 3 aromatic heterocycles. The van der Waals surface area contributed by atoms with Crippen molar-refractivity contribution in [1.29, 1.82) is 0 Å². The van der Waals surface area contributed by atoms with E-state index in [0.717, 1.165) is 83.4 Å². The molecule has 11 heteroatoms. The van der Waals surface area contributed by atoms with Crippen LogP contribution in [0.15, 0.2) is 41.1 Å². The normalized spacial score (nSPS) is 18.0. The molecule has 0 unspecified atom stereocenters. The fourth-order valence-electron chi connectivity index (χ4n) is 5.68. The number of ether oxygens (including phenoxy) is 1. The lowest BCUT2D eigenvalue weighted by atomic mass is 9.94. The summed E-state index contributed by atoms with van der Waals surface area (Å²) in [5.41, 5.74) is 5.51. The Morgan fingerprint density at radius 1 is 1.14 bits per heavy atom. The summed E-state index contributed by atoms with van der Waals surface area (Å²) in [5.74, 6) is 2.96. The number of imidazole rings is 1. The number of hydrogen-bond donors (Lipinski definition) is 2. The average molecular weight is 523 g/mol. The molecular weight excluding hydrogens is 492 g/mol. The van der Waals surface area contributed by atoms with Gasteiger partial charge in [-0.3, -0.25) is 9.55 Å². The first-order chi connectivity index (χ1) is 18.0. The van der Waals surface area contributed by atoms with Gasteiger partial charge < -0.3 is 14.2 Å². The molecule has 2 aliphatic rings. The van der Waals surface area contributed by atoms with E-state index in [2.05, 4.69) is 24.3 Å². The number of benzene rings is 1. The van der Waals surface area contributed by atoms with E-state index in [9.17, 15) is 8.42 Å². The fraction of sp³-hybridized carbons (Fsp3) is 0.423. The molecule has 0 spiro atoms. The summed E-state index contributed by atoms with van der Waals surface area (Å²) >= 11 is 0. The summed E-state index contributed by atoms with van der Waals surface area (Å²) in [7, 11) is -2.54. The van der Waals surface area contributed by atoms with Gasteiger partial charge in [0.15, 0.2) is 5.75 Å². The van der Waals surface area contributed by atoms with Gasteiger partial charge in [0.1, 0.15) is 23.9 Å². The Labute approximate surface area is 216 Å². The lowest BCUT2D eigenvalue weighted by molar-refractivity contribution is 0.257. The van der Waals surface area contributed by atoms with E-state index in [1.807, 2.05) is 50.4 Å². The van der Waals surface area contributed by atoms with Crippen molar-refractivity contribution in [1.82, 2.24) is 24.4 Å². The predicted molar refractivity (Wildman–Crippen MR) is 140 cm³/mol. The minimum absolute atomic E-state index is 0.108. The SMILES string of the molecule is Cc1noc(C)c1-c1ccc2nc(N3CCC(CCN[SH](=O)=O)CC3)n3c2c1OC[C@@H]3c1ccccn1. The number of hydrogen-bond acceptors (Lipinski definition) is 8. The highest BCUT2D eigenvalue weighted by atomic mass is 32.2. The highest BCUT2D eigenvalue weighted by Crippen LogP contribution is 2.46. The second-order valence-electron chi connectivity index (χ2n) is 9.76. The molecule has 5 heterocycles. The maximum Gasteiger partial charge on any atom is 0.207 e. The van der Waals surface area contributed by atoms with Crippen molar-refractivity contribution >= 4 is 27.9 Å². The molecule has 1 aromatic carbocycles. The first-order valence-electron chi connectivity index (χ1n) is 12.7. The first kappa shape index (κ1) is 23.9. The third-order valence-electron chi connectivity index (χ3n) is 7.51. The van der Waals surface area contributed by atoms with Crippen molar-refractivity contribution in [3.63, 3.8) is 0 Å². The van der Waals surface area contributed by atoms with Gasteiger partial charge in [0.05, 0.1) is 22.5 Å². The Kier molecular flexibility index (Phi) is 6.33. The van der Waals surface area contributed by atoms with Crippen molar-refractivity contribution in [2.24, 2.45) is 5.92 Å². The highest BCUT2D eigenvalue weighted by molar-refractivity contribution is 7.70. The van der Waals surface area contributed by atoms with Gasteiger partial charge in [-0.2, -0.15) is 0 Å². The Balaban J connectivity index is 1.41. The monoisotopic (exact) mass is 522 g/mol. The number of nitrogens with one attached hydrogen (secondary N) is 1. The largest absolute Gasteiger partial charge is 0.488 e. The van der Waals surface area contributed by atoms with Gasteiger partial charge in [0.2, 0.25) is 16.8 Å². The van der Waals surface area contributed by atoms with Crippen LogP contribution < -0.4 is 14.4 Å². The number of aryl methyl sites for hydroxylation is 2. The Hall–Kier alpha value is -3.44. The summed E-state index contributed by atoms with van der Waals surface area (Å²) in [6, 6.07) is 9.95. The Morgan fingerprint density at radius 2 is 1.97 bits per heavy atom. The van der Waals surface area contributed by atoms with Crippen LogP contribution in [0.2, 0.25) is 0 Å². The number of pyridine rings is 1. The molecule has 194 valence electrons. The molecule has 0 radical (unpaired) electrons. The maximum absolute atomic E-state index is 10.8. The van der Waals surface area contributed by atoms with Crippen LogP contribution in [0.3, 0.4) is 0 Å². The third kappa shape index (κ3) is 4.36. The number of anilines is 1. The standard InChI is InChI=1S/C26H30N6O4S/c1-16-23(17(2)36-30-16)19-6-7-21-24-25(19)35-15-22(20-5-3-4-11-27-20)32(24)26(29-21)31-13-9-18(10-14-31)8-12-28-37(33)34/h3-7,11,18,22,37H,8-10,12-15H2,1-2H3,(H,28,33,34)/t22-/m1/s1. The van der Waals surface area contributed by atoms with Crippen molar-refractivity contribution in [2.45, 2.75) is 39.2 Å². The lowest BCUT2D eigenvalue weighted by Gasteiger charge is -2.35.